The second-order valence-electron chi connectivity index (χ2n) is 3.42. The Labute approximate surface area is 103 Å². The summed E-state index contributed by atoms with van der Waals surface area (Å²) in [5, 5.41) is 10.1. The average molecular weight is 272 g/mol. The smallest absolute Gasteiger partial charge is 0.231 e. The molecule has 0 saturated heterocycles. The third kappa shape index (κ3) is 2.28. The number of rotatable bonds is 3. The molecule has 17 heavy (non-hydrogen) atoms. The van der Waals surface area contributed by atoms with Gasteiger partial charge in [0.05, 0.1) is 5.69 Å². The first kappa shape index (κ1) is 12.3. The maximum absolute atomic E-state index is 11.5. The highest BCUT2D eigenvalue weighted by molar-refractivity contribution is 7.99. The summed E-state index contributed by atoms with van der Waals surface area (Å²) in [5.74, 6) is 0.858. The maximum Gasteiger partial charge on any atom is 0.257 e. The highest BCUT2D eigenvalue weighted by Gasteiger charge is 2.20. The van der Waals surface area contributed by atoms with Crippen molar-refractivity contribution < 1.29 is 8.42 Å². The molecule has 92 valence electrons. The first-order valence-electron chi connectivity index (χ1n) is 4.95. The molecule has 0 saturated carbocycles. The van der Waals surface area contributed by atoms with Crippen LogP contribution in [0.3, 0.4) is 0 Å². The van der Waals surface area contributed by atoms with Crippen molar-refractivity contribution in [3.05, 3.63) is 17.8 Å². The van der Waals surface area contributed by atoms with Crippen LogP contribution >= 0.6 is 11.8 Å². The fraction of sp³-hybridized carbons (Fsp3) is 0.333. The number of aromatic nitrogens is 3. The van der Waals surface area contributed by atoms with Crippen LogP contribution in [0.4, 0.5) is 0 Å². The minimum Gasteiger partial charge on any atom is -0.231 e. The number of fused-ring (bicyclic) bond motifs is 1. The van der Waals surface area contributed by atoms with Crippen molar-refractivity contribution in [2.45, 2.75) is 23.9 Å². The van der Waals surface area contributed by atoms with E-state index in [-0.39, 0.29) is 5.03 Å². The number of thioether (sulfide) groups is 1. The summed E-state index contributed by atoms with van der Waals surface area (Å²) in [4.78, 5) is 4.11. The number of hydrogen-bond acceptors (Lipinski definition) is 5. The van der Waals surface area contributed by atoms with Crippen molar-refractivity contribution in [3.63, 3.8) is 0 Å². The van der Waals surface area contributed by atoms with Gasteiger partial charge in [0.15, 0.2) is 10.7 Å². The molecule has 2 rings (SSSR count). The van der Waals surface area contributed by atoms with Crippen LogP contribution in [0.5, 0.6) is 0 Å². The van der Waals surface area contributed by atoms with E-state index in [1.165, 1.54) is 16.3 Å². The summed E-state index contributed by atoms with van der Waals surface area (Å²) < 4.78 is 24.2. The van der Waals surface area contributed by atoms with Crippen molar-refractivity contribution >= 4 is 27.4 Å². The Hall–Kier alpha value is -1.12. The quantitative estimate of drug-likeness (QED) is 0.834. The number of sulfonamides is 1. The number of imidazole rings is 1. The van der Waals surface area contributed by atoms with Crippen molar-refractivity contribution in [1.29, 1.82) is 0 Å². The second-order valence-corrected chi connectivity index (χ2v) is 6.18. The molecule has 0 aromatic carbocycles. The monoisotopic (exact) mass is 272 g/mol. The van der Waals surface area contributed by atoms with Crippen molar-refractivity contribution in [2.75, 3.05) is 5.75 Å². The van der Waals surface area contributed by atoms with Crippen LogP contribution in [-0.4, -0.2) is 28.8 Å². The van der Waals surface area contributed by atoms with Gasteiger partial charge in [0.2, 0.25) is 0 Å². The minimum absolute atomic E-state index is 0.0500. The minimum atomic E-state index is -3.82. The Balaban J connectivity index is 2.74. The van der Waals surface area contributed by atoms with E-state index in [2.05, 4.69) is 10.1 Å². The lowest BCUT2D eigenvalue weighted by atomic mass is 10.6. The van der Waals surface area contributed by atoms with Crippen molar-refractivity contribution in [2.24, 2.45) is 5.14 Å². The van der Waals surface area contributed by atoms with Gasteiger partial charge in [0.1, 0.15) is 5.03 Å². The van der Waals surface area contributed by atoms with Gasteiger partial charge in [0.25, 0.3) is 10.0 Å². The summed E-state index contributed by atoms with van der Waals surface area (Å²) in [6, 6.07) is 3.54. The van der Waals surface area contributed by atoms with E-state index in [1.54, 1.807) is 13.0 Å². The SMILES string of the molecule is CCSc1ccc2nc(C)c(S(N)(=O)=O)n2n1. The van der Waals surface area contributed by atoms with E-state index in [0.29, 0.717) is 11.3 Å². The largest absolute Gasteiger partial charge is 0.257 e. The number of aryl methyl sites for hydroxylation is 1. The van der Waals surface area contributed by atoms with Gasteiger partial charge in [-0.3, -0.25) is 0 Å². The molecule has 2 heterocycles. The zero-order valence-corrected chi connectivity index (χ0v) is 11.0. The van der Waals surface area contributed by atoms with Crippen LogP contribution in [0.15, 0.2) is 22.2 Å². The van der Waals surface area contributed by atoms with Gasteiger partial charge in [-0.1, -0.05) is 6.92 Å². The van der Waals surface area contributed by atoms with Gasteiger partial charge < -0.3 is 0 Å². The van der Waals surface area contributed by atoms with E-state index < -0.39 is 10.0 Å². The third-order valence-corrected chi connectivity index (χ3v) is 3.95. The van der Waals surface area contributed by atoms with Crippen LogP contribution in [-0.2, 0) is 10.0 Å². The summed E-state index contributed by atoms with van der Waals surface area (Å²) in [7, 11) is -3.82. The predicted molar refractivity (Wildman–Crippen MR) is 65.5 cm³/mol. The number of nitrogens with two attached hydrogens (primary N) is 1. The van der Waals surface area contributed by atoms with E-state index in [9.17, 15) is 8.42 Å². The first-order valence-corrected chi connectivity index (χ1v) is 7.48. The van der Waals surface area contributed by atoms with Crippen LogP contribution in [0.1, 0.15) is 12.6 Å². The molecule has 0 bridgehead atoms. The van der Waals surface area contributed by atoms with Crippen LogP contribution < -0.4 is 5.14 Å². The molecule has 0 spiro atoms. The van der Waals surface area contributed by atoms with E-state index in [4.69, 9.17) is 5.14 Å². The lowest BCUT2D eigenvalue weighted by Crippen LogP contribution is -2.16. The average Bonchev–Trinajstić information content (AvgIpc) is 2.53. The molecule has 0 radical (unpaired) electrons. The molecule has 2 aromatic rings. The summed E-state index contributed by atoms with van der Waals surface area (Å²) in [6.07, 6.45) is 0. The lowest BCUT2D eigenvalue weighted by Gasteiger charge is -2.01. The zero-order valence-electron chi connectivity index (χ0n) is 9.41. The summed E-state index contributed by atoms with van der Waals surface area (Å²) in [5.41, 5.74) is 0.839. The molecule has 0 amide bonds. The van der Waals surface area contributed by atoms with Gasteiger partial charge in [0, 0.05) is 0 Å². The first-order chi connectivity index (χ1) is 7.93. The molecule has 0 aliphatic rings. The molecule has 0 atom stereocenters. The molecule has 6 nitrogen and oxygen atoms in total. The fourth-order valence-corrected chi connectivity index (χ4v) is 2.99. The van der Waals surface area contributed by atoms with Crippen LogP contribution in [0.2, 0.25) is 0 Å². The van der Waals surface area contributed by atoms with Crippen molar-refractivity contribution in [3.8, 4) is 0 Å². The maximum atomic E-state index is 11.5. The normalized spacial score (nSPS) is 12.2. The zero-order chi connectivity index (χ0) is 12.6. The van der Waals surface area contributed by atoms with Crippen molar-refractivity contribution in [1.82, 2.24) is 14.6 Å². The summed E-state index contributed by atoms with van der Waals surface area (Å²) in [6.45, 7) is 3.59. The third-order valence-electron chi connectivity index (χ3n) is 2.14. The Morgan fingerprint density at radius 1 is 1.47 bits per heavy atom. The lowest BCUT2D eigenvalue weighted by molar-refractivity contribution is 0.587. The standard InChI is InChI=1S/C9H12N4O2S2/c1-3-16-8-5-4-7-11-6(2)9(13(7)12-8)17(10,14)15/h4-5H,3H2,1-2H3,(H2,10,14,15). The van der Waals surface area contributed by atoms with Gasteiger partial charge >= 0.3 is 0 Å². The van der Waals surface area contributed by atoms with Gasteiger partial charge in [-0.25, -0.2) is 18.5 Å². The topological polar surface area (TPSA) is 90.3 Å². The second kappa shape index (κ2) is 4.28. The van der Waals surface area contributed by atoms with Crippen LogP contribution in [0.25, 0.3) is 5.65 Å². The molecule has 0 aliphatic carbocycles. The molecular formula is C9H12N4O2S2. The van der Waals surface area contributed by atoms with E-state index >= 15 is 0 Å². The molecule has 0 fully saturated rings. The van der Waals surface area contributed by atoms with E-state index in [0.717, 1.165) is 10.8 Å². The molecule has 0 aliphatic heterocycles. The Morgan fingerprint density at radius 2 is 2.18 bits per heavy atom. The van der Waals surface area contributed by atoms with Gasteiger partial charge in [-0.05, 0) is 24.8 Å². The Morgan fingerprint density at radius 3 is 2.76 bits per heavy atom. The summed E-state index contributed by atoms with van der Waals surface area (Å²) >= 11 is 1.52. The highest BCUT2D eigenvalue weighted by atomic mass is 32.2. The fourth-order valence-electron chi connectivity index (χ4n) is 1.56. The highest BCUT2D eigenvalue weighted by Crippen LogP contribution is 2.19. The number of primary sulfonamides is 1. The van der Waals surface area contributed by atoms with Gasteiger partial charge in [-0.2, -0.15) is 9.61 Å². The number of hydrogen-bond donors (Lipinski definition) is 1. The number of nitrogens with zero attached hydrogens (tertiary/aromatic N) is 3. The molecule has 0 unspecified atom stereocenters. The van der Waals surface area contributed by atoms with Crippen LogP contribution in [0, 0.1) is 6.92 Å². The van der Waals surface area contributed by atoms with Gasteiger partial charge in [-0.15, -0.1) is 11.8 Å². The predicted octanol–water partition coefficient (Wildman–Crippen LogP) is 0.797. The Kier molecular flexibility index (Phi) is 3.11. The van der Waals surface area contributed by atoms with E-state index in [1.807, 2.05) is 13.0 Å². The molecule has 2 aromatic heterocycles. The molecular weight excluding hydrogens is 260 g/mol. The molecule has 2 N–H and O–H groups in total. The Bertz CT molecular complexity index is 663. The molecule has 8 heteroatoms.